The monoisotopic (exact) mass is 414 g/mol. The third-order valence-corrected chi connectivity index (χ3v) is 4.36. The van der Waals surface area contributed by atoms with Crippen molar-refractivity contribution in [1.29, 1.82) is 0 Å². The van der Waals surface area contributed by atoms with Crippen molar-refractivity contribution in [2.45, 2.75) is 0 Å². The summed E-state index contributed by atoms with van der Waals surface area (Å²) < 4.78 is 18.8. The Morgan fingerprint density at radius 3 is 2.29 bits per heavy atom. The van der Waals surface area contributed by atoms with Gasteiger partial charge in [-0.05, 0) is 66.7 Å². The number of anilines is 2. The molecular formula is C23H15FN4O3. The standard InChI is InChI=1S/C23H15FN4O3/c1-25-20-12-18-19(13-21(20)29)26-11-10-22(18)31-17-8-6-16(7-9-17)28-23(30)27-15-4-2-14(24)3-5-15/h2-13,29H,(H2,27,28,30). The summed E-state index contributed by atoms with van der Waals surface area (Å²) in [7, 11) is 0. The molecule has 0 unspecified atom stereocenters. The van der Waals surface area contributed by atoms with Crippen LogP contribution < -0.4 is 15.4 Å². The highest BCUT2D eigenvalue weighted by molar-refractivity contribution is 5.99. The average Bonchev–Trinajstić information content (AvgIpc) is 2.76. The van der Waals surface area contributed by atoms with E-state index in [1.165, 1.54) is 36.4 Å². The number of hydrogen-bond donors (Lipinski definition) is 3. The predicted molar refractivity (Wildman–Crippen MR) is 115 cm³/mol. The maximum Gasteiger partial charge on any atom is 0.323 e. The molecule has 3 aromatic carbocycles. The number of nitrogens with zero attached hydrogens (tertiary/aromatic N) is 2. The second kappa shape index (κ2) is 8.39. The van der Waals surface area contributed by atoms with Crippen LogP contribution in [0.1, 0.15) is 0 Å². The number of benzene rings is 3. The van der Waals surface area contributed by atoms with Gasteiger partial charge in [-0.2, -0.15) is 0 Å². The maximum atomic E-state index is 12.9. The van der Waals surface area contributed by atoms with Gasteiger partial charge < -0.3 is 20.5 Å². The number of ether oxygens (including phenoxy) is 1. The van der Waals surface area contributed by atoms with Gasteiger partial charge in [0.2, 0.25) is 5.69 Å². The molecule has 1 heterocycles. The first-order valence-electron chi connectivity index (χ1n) is 9.12. The van der Waals surface area contributed by atoms with E-state index in [9.17, 15) is 14.3 Å². The molecule has 1 aromatic heterocycles. The van der Waals surface area contributed by atoms with E-state index in [1.807, 2.05) is 0 Å². The number of nitrogens with one attached hydrogen (secondary N) is 2. The van der Waals surface area contributed by atoms with Crippen molar-refractivity contribution in [2.75, 3.05) is 10.6 Å². The summed E-state index contributed by atoms with van der Waals surface area (Å²) in [5.41, 5.74) is 1.61. The van der Waals surface area contributed by atoms with Crippen LogP contribution in [-0.2, 0) is 0 Å². The fraction of sp³-hybridized carbons (Fsp3) is 0. The maximum absolute atomic E-state index is 12.9. The summed E-state index contributed by atoms with van der Waals surface area (Å²) in [5.74, 6) is 0.464. The number of halogens is 1. The highest BCUT2D eigenvalue weighted by Gasteiger charge is 2.10. The van der Waals surface area contributed by atoms with Crippen molar-refractivity contribution in [2.24, 2.45) is 0 Å². The van der Waals surface area contributed by atoms with Crippen LogP contribution in [0.2, 0.25) is 0 Å². The molecule has 0 saturated carbocycles. The van der Waals surface area contributed by atoms with E-state index in [-0.39, 0.29) is 17.3 Å². The SMILES string of the molecule is [C-]#[N+]c1cc2c(Oc3ccc(NC(=O)Nc4ccc(F)cc4)cc3)ccnc2cc1O. The molecule has 2 amide bonds. The van der Waals surface area contributed by atoms with Gasteiger partial charge in [0, 0.05) is 23.0 Å². The zero-order valence-corrected chi connectivity index (χ0v) is 16.0. The zero-order valence-electron chi connectivity index (χ0n) is 16.0. The first-order chi connectivity index (χ1) is 15.0. The van der Waals surface area contributed by atoms with Crippen LogP contribution in [0.5, 0.6) is 17.2 Å². The van der Waals surface area contributed by atoms with Gasteiger partial charge in [-0.15, -0.1) is 0 Å². The predicted octanol–water partition coefficient (Wildman–Crippen LogP) is 6.07. The third-order valence-electron chi connectivity index (χ3n) is 4.36. The Labute approximate surface area is 176 Å². The molecule has 0 saturated heterocycles. The van der Waals surface area contributed by atoms with E-state index in [4.69, 9.17) is 11.3 Å². The number of urea groups is 1. The number of pyridine rings is 1. The van der Waals surface area contributed by atoms with E-state index < -0.39 is 6.03 Å². The Morgan fingerprint density at radius 2 is 1.65 bits per heavy atom. The molecule has 0 spiro atoms. The fourth-order valence-corrected chi connectivity index (χ4v) is 2.88. The van der Waals surface area contributed by atoms with Gasteiger partial charge in [-0.3, -0.25) is 4.98 Å². The van der Waals surface area contributed by atoms with Gasteiger partial charge in [0.1, 0.15) is 23.1 Å². The number of fused-ring (bicyclic) bond motifs is 1. The summed E-state index contributed by atoms with van der Waals surface area (Å²) in [6.45, 7) is 7.16. The molecule has 8 heteroatoms. The van der Waals surface area contributed by atoms with Crippen LogP contribution in [0.25, 0.3) is 15.7 Å². The first-order valence-corrected chi connectivity index (χ1v) is 9.12. The van der Waals surface area contributed by atoms with Crippen molar-refractivity contribution in [3.8, 4) is 17.2 Å². The number of carbonyl (C=O) groups is 1. The lowest BCUT2D eigenvalue weighted by molar-refractivity contribution is 0.262. The van der Waals surface area contributed by atoms with Crippen molar-refractivity contribution in [3.05, 3.63) is 90.2 Å². The summed E-state index contributed by atoms with van der Waals surface area (Å²) >= 11 is 0. The lowest BCUT2D eigenvalue weighted by atomic mass is 10.1. The molecule has 7 nitrogen and oxygen atoms in total. The summed E-state index contributed by atoms with van der Waals surface area (Å²) in [4.78, 5) is 19.6. The average molecular weight is 414 g/mol. The Bertz CT molecular complexity index is 1300. The largest absolute Gasteiger partial charge is 0.519 e. The number of carbonyl (C=O) groups excluding carboxylic acids is 1. The molecule has 0 aliphatic rings. The molecule has 0 aliphatic heterocycles. The molecule has 4 aromatic rings. The lowest BCUT2D eigenvalue weighted by Crippen LogP contribution is -2.19. The van der Waals surface area contributed by atoms with E-state index in [2.05, 4.69) is 20.5 Å². The van der Waals surface area contributed by atoms with E-state index in [0.717, 1.165) is 0 Å². The van der Waals surface area contributed by atoms with Gasteiger partial charge in [-0.25, -0.2) is 14.0 Å². The molecule has 0 radical (unpaired) electrons. The quantitative estimate of drug-likeness (QED) is 0.354. The van der Waals surface area contributed by atoms with Crippen LogP contribution in [0.15, 0.2) is 72.9 Å². The molecule has 31 heavy (non-hydrogen) atoms. The van der Waals surface area contributed by atoms with Gasteiger partial charge >= 0.3 is 6.03 Å². The number of phenolic OH excluding ortho intramolecular Hbond substituents is 1. The molecule has 0 atom stereocenters. The number of phenols is 1. The molecule has 3 N–H and O–H groups in total. The minimum Gasteiger partial charge on any atom is -0.519 e. The van der Waals surface area contributed by atoms with E-state index in [1.54, 1.807) is 36.5 Å². The van der Waals surface area contributed by atoms with Crippen molar-refractivity contribution in [3.63, 3.8) is 0 Å². The molecule has 152 valence electrons. The molecule has 0 aliphatic carbocycles. The van der Waals surface area contributed by atoms with Crippen LogP contribution in [0.3, 0.4) is 0 Å². The summed E-state index contributed by atoms with van der Waals surface area (Å²) in [6.07, 6.45) is 1.55. The van der Waals surface area contributed by atoms with E-state index >= 15 is 0 Å². The molecule has 0 fully saturated rings. The number of amides is 2. The number of hydrogen-bond acceptors (Lipinski definition) is 4. The summed E-state index contributed by atoms with van der Waals surface area (Å²) in [5, 5.41) is 15.7. The second-order valence-corrected chi connectivity index (χ2v) is 6.49. The molecule has 0 bridgehead atoms. The Morgan fingerprint density at radius 1 is 1.00 bits per heavy atom. The number of aromatic nitrogens is 1. The highest BCUT2D eigenvalue weighted by atomic mass is 19.1. The van der Waals surface area contributed by atoms with Gasteiger partial charge in [0.25, 0.3) is 0 Å². The first kappa shape index (κ1) is 19.7. The van der Waals surface area contributed by atoms with Crippen LogP contribution in [-0.4, -0.2) is 16.1 Å². The van der Waals surface area contributed by atoms with Gasteiger partial charge in [0.05, 0.1) is 12.1 Å². The smallest absolute Gasteiger partial charge is 0.323 e. The number of aromatic hydroxyl groups is 1. The molecule has 4 rings (SSSR count). The number of rotatable bonds is 4. The van der Waals surface area contributed by atoms with Crippen molar-refractivity contribution >= 4 is 34.0 Å². The third kappa shape index (κ3) is 4.52. The fourth-order valence-electron chi connectivity index (χ4n) is 2.88. The summed E-state index contributed by atoms with van der Waals surface area (Å²) in [6, 6.07) is 16.3. The van der Waals surface area contributed by atoms with Gasteiger partial charge in [-0.1, -0.05) is 0 Å². The van der Waals surface area contributed by atoms with Crippen LogP contribution >= 0.6 is 0 Å². The minimum absolute atomic E-state index is 0.108. The van der Waals surface area contributed by atoms with Crippen LogP contribution in [0.4, 0.5) is 26.2 Å². The van der Waals surface area contributed by atoms with Crippen molar-refractivity contribution < 1.29 is 19.0 Å². The van der Waals surface area contributed by atoms with E-state index in [0.29, 0.717) is 33.8 Å². The normalized spacial score (nSPS) is 10.3. The molecular weight excluding hydrogens is 399 g/mol. The minimum atomic E-state index is -0.466. The second-order valence-electron chi connectivity index (χ2n) is 6.49. The highest BCUT2D eigenvalue weighted by Crippen LogP contribution is 2.36. The Balaban J connectivity index is 1.47. The Hall–Kier alpha value is -4.64. The zero-order chi connectivity index (χ0) is 21.8. The van der Waals surface area contributed by atoms with Gasteiger partial charge in [0.15, 0.2) is 0 Å². The van der Waals surface area contributed by atoms with Crippen LogP contribution in [0, 0.1) is 12.4 Å². The lowest BCUT2D eigenvalue weighted by Gasteiger charge is -2.11. The van der Waals surface area contributed by atoms with Crippen molar-refractivity contribution in [1.82, 2.24) is 4.98 Å². The topological polar surface area (TPSA) is 87.8 Å². The Kier molecular flexibility index (Phi) is 5.32.